The lowest BCUT2D eigenvalue weighted by atomic mass is 10.0. The van der Waals surface area contributed by atoms with Crippen LogP contribution in [0.4, 0.5) is 5.69 Å². The van der Waals surface area contributed by atoms with Gasteiger partial charge < -0.3 is 10.2 Å². The molecule has 0 radical (unpaired) electrons. The van der Waals surface area contributed by atoms with Crippen LogP contribution < -0.4 is 9.62 Å². The van der Waals surface area contributed by atoms with Gasteiger partial charge in [-0.05, 0) is 67.5 Å². The highest BCUT2D eigenvalue weighted by molar-refractivity contribution is 7.92. The zero-order valence-corrected chi connectivity index (χ0v) is 26.6. The molecule has 3 rings (SSSR count). The molecule has 0 aliphatic rings. The highest BCUT2D eigenvalue weighted by Gasteiger charge is 2.30. The molecule has 1 N–H and O–H groups in total. The Kier molecular flexibility index (Phi) is 11.7. The fourth-order valence-electron chi connectivity index (χ4n) is 4.97. The second-order valence-corrected chi connectivity index (χ2v) is 13.5. The van der Waals surface area contributed by atoms with Gasteiger partial charge in [0, 0.05) is 32.5 Å². The molecule has 0 saturated carbocycles. The van der Waals surface area contributed by atoms with Crippen LogP contribution in [-0.4, -0.2) is 50.5 Å². The summed E-state index contributed by atoms with van der Waals surface area (Å²) in [6, 6.07) is 22.6. The maximum absolute atomic E-state index is 13.9. The number of amides is 2. The number of nitrogens with zero attached hydrogens (tertiary/aromatic N) is 2. The van der Waals surface area contributed by atoms with Crippen molar-refractivity contribution in [2.45, 2.75) is 66.5 Å². The van der Waals surface area contributed by atoms with Crippen LogP contribution in [0.5, 0.6) is 0 Å². The van der Waals surface area contributed by atoms with Crippen molar-refractivity contribution in [1.29, 1.82) is 0 Å². The molecule has 2 amide bonds. The van der Waals surface area contributed by atoms with Gasteiger partial charge in [0.1, 0.15) is 6.04 Å². The first-order valence-electron chi connectivity index (χ1n) is 14.6. The van der Waals surface area contributed by atoms with Gasteiger partial charge >= 0.3 is 0 Å². The molecular weight excluding hydrogens is 546 g/mol. The van der Waals surface area contributed by atoms with E-state index < -0.39 is 16.1 Å². The Labute approximate surface area is 252 Å². The normalized spacial score (nSPS) is 12.2. The third-order valence-corrected chi connectivity index (χ3v) is 8.27. The first kappa shape index (κ1) is 32.9. The Morgan fingerprint density at radius 3 is 2.02 bits per heavy atom. The smallest absolute Gasteiger partial charge is 0.243 e. The fourth-order valence-corrected chi connectivity index (χ4v) is 5.91. The Balaban J connectivity index is 1.89. The number of hydrogen-bond acceptors (Lipinski definition) is 4. The van der Waals surface area contributed by atoms with Gasteiger partial charge in [-0.2, -0.15) is 0 Å². The van der Waals surface area contributed by atoms with Gasteiger partial charge in [0.2, 0.25) is 21.8 Å². The zero-order valence-electron chi connectivity index (χ0n) is 25.8. The fraction of sp³-hybridized carbons (Fsp3) is 0.412. The zero-order chi connectivity index (χ0) is 30.9. The van der Waals surface area contributed by atoms with Crippen molar-refractivity contribution in [3.63, 3.8) is 0 Å². The number of nitrogens with one attached hydrogen (secondary N) is 1. The number of carbonyl (C=O) groups excluding carboxylic acids is 2. The molecule has 0 aliphatic heterocycles. The maximum Gasteiger partial charge on any atom is 0.243 e. The first-order chi connectivity index (χ1) is 19.8. The van der Waals surface area contributed by atoms with Crippen molar-refractivity contribution in [2.75, 3.05) is 23.7 Å². The van der Waals surface area contributed by atoms with Crippen LogP contribution in [0.25, 0.3) is 0 Å². The van der Waals surface area contributed by atoms with E-state index in [-0.39, 0.29) is 37.2 Å². The summed E-state index contributed by atoms with van der Waals surface area (Å²) in [5.74, 6) is -0.120. The van der Waals surface area contributed by atoms with Gasteiger partial charge in [0.05, 0.1) is 11.9 Å². The van der Waals surface area contributed by atoms with E-state index in [1.54, 1.807) is 4.90 Å². The van der Waals surface area contributed by atoms with E-state index in [4.69, 9.17) is 0 Å². The number of rotatable bonds is 14. The van der Waals surface area contributed by atoms with Crippen molar-refractivity contribution in [3.05, 3.63) is 101 Å². The predicted molar refractivity (Wildman–Crippen MR) is 171 cm³/mol. The van der Waals surface area contributed by atoms with E-state index in [0.29, 0.717) is 25.1 Å². The molecule has 7 nitrogen and oxygen atoms in total. The summed E-state index contributed by atoms with van der Waals surface area (Å²) >= 11 is 0. The van der Waals surface area contributed by atoms with Crippen LogP contribution >= 0.6 is 0 Å². The summed E-state index contributed by atoms with van der Waals surface area (Å²) in [7, 11) is -3.56. The molecule has 0 saturated heterocycles. The van der Waals surface area contributed by atoms with Gasteiger partial charge in [-0.25, -0.2) is 8.42 Å². The summed E-state index contributed by atoms with van der Waals surface area (Å²) in [6.45, 7) is 10.9. The molecule has 0 aliphatic carbocycles. The number of aryl methyl sites for hydroxylation is 3. The molecule has 0 heterocycles. The molecule has 3 aromatic rings. The summed E-state index contributed by atoms with van der Waals surface area (Å²) in [5.41, 5.74) is 5.53. The monoisotopic (exact) mass is 591 g/mol. The highest BCUT2D eigenvalue weighted by atomic mass is 32.2. The average Bonchev–Trinajstić information content (AvgIpc) is 2.91. The van der Waals surface area contributed by atoms with E-state index in [1.165, 1.54) is 10.6 Å². The molecular formula is C34H45N3O4S. The highest BCUT2D eigenvalue weighted by Crippen LogP contribution is 2.23. The van der Waals surface area contributed by atoms with E-state index >= 15 is 0 Å². The average molecular weight is 592 g/mol. The lowest BCUT2D eigenvalue weighted by molar-refractivity contribution is -0.141. The van der Waals surface area contributed by atoms with Crippen LogP contribution in [0.1, 0.15) is 54.5 Å². The molecule has 0 bridgehead atoms. The van der Waals surface area contributed by atoms with Gasteiger partial charge in [-0.3, -0.25) is 13.9 Å². The third kappa shape index (κ3) is 10.0. The van der Waals surface area contributed by atoms with Crippen LogP contribution in [-0.2, 0) is 32.6 Å². The van der Waals surface area contributed by atoms with E-state index in [9.17, 15) is 18.0 Å². The Morgan fingerprint density at radius 1 is 0.833 bits per heavy atom. The van der Waals surface area contributed by atoms with Crippen molar-refractivity contribution >= 4 is 27.5 Å². The van der Waals surface area contributed by atoms with E-state index in [1.807, 2.05) is 107 Å². The third-order valence-electron chi connectivity index (χ3n) is 7.08. The number of benzene rings is 3. The number of hydrogen-bond donors (Lipinski definition) is 1. The minimum atomic E-state index is -3.56. The molecule has 226 valence electrons. The lowest BCUT2D eigenvalue weighted by Crippen LogP contribution is -2.51. The number of anilines is 1. The van der Waals surface area contributed by atoms with Crippen LogP contribution in [0.3, 0.4) is 0 Å². The van der Waals surface area contributed by atoms with Crippen LogP contribution in [0.2, 0.25) is 0 Å². The van der Waals surface area contributed by atoms with Gasteiger partial charge in [-0.1, -0.05) is 80.1 Å². The van der Waals surface area contributed by atoms with Crippen molar-refractivity contribution in [3.8, 4) is 0 Å². The van der Waals surface area contributed by atoms with Crippen molar-refractivity contribution < 1.29 is 18.0 Å². The standard InChI is InChI=1S/C34H45N3O4S/c1-25(2)23-35-34(39)32(22-29-11-8-7-9-12-29)36(24-30-16-14-26(3)15-17-30)33(38)13-10-18-37(42(6,40)41)31-20-27(4)19-28(5)21-31/h7-9,11-12,14-17,19-21,25,32H,10,13,18,22-24H2,1-6H3,(H,35,39)/t32-/m0/s1. The topological polar surface area (TPSA) is 86.8 Å². The van der Waals surface area contributed by atoms with Gasteiger partial charge in [0.25, 0.3) is 0 Å². The first-order valence-corrected chi connectivity index (χ1v) is 16.4. The Bertz CT molecular complexity index is 1420. The van der Waals surface area contributed by atoms with E-state index in [2.05, 4.69) is 5.32 Å². The molecule has 3 aromatic carbocycles. The summed E-state index contributed by atoms with van der Waals surface area (Å²) < 4.78 is 26.8. The van der Waals surface area contributed by atoms with Crippen molar-refractivity contribution in [2.24, 2.45) is 5.92 Å². The second kappa shape index (κ2) is 15.0. The molecule has 42 heavy (non-hydrogen) atoms. The molecule has 0 fully saturated rings. The Hall–Kier alpha value is -3.65. The van der Waals surface area contributed by atoms with Gasteiger partial charge in [-0.15, -0.1) is 0 Å². The predicted octanol–water partition coefficient (Wildman–Crippen LogP) is 5.57. The van der Waals surface area contributed by atoms with E-state index in [0.717, 1.165) is 27.8 Å². The second-order valence-electron chi connectivity index (χ2n) is 11.6. The molecule has 8 heteroatoms. The number of carbonyl (C=O) groups is 2. The quantitative estimate of drug-likeness (QED) is 0.266. The minimum Gasteiger partial charge on any atom is -0.354 e. The summed E-state index contributed by atoms with van der Waals surface area (Å²) in [5, 5.41) is 3.04. The van der Waals surface area contributed by atoms with Crippen LogP contribution in [0, 0.1) is 26.7 Å². The maximum atomic E-state index is 13.9. The molecule has 0 unspecified atom stereocenters. The molecule has 1 atom stereocenters. The van der Waals surface area contributed by atoms with Gasteiger partial charge in [0.15, 0.2) is 0 Å². The SMILES string of the molecule is Cc1ccc(CN(C(=O)CCCN(c2cc(C)cc(C)c2)S(C)(=O)=O)[C@@H](Cc2ccccc2)C(=O)NCC(C)C)cc1. The van der Waals surface area contributed by atoms with Crippen LogP contribution in [0.15, 0.2) is 72.8 Å². The van der Waals surface area contributed by atoms with Crippen molar-refractivity contribution in [1.82, 2.24) is 10.2 Å². The molecule has 0 aromatic heterocycles. The summed E-state index contributed by atoms with van der Waals surface area (Å²) in [4.78, 5) is 29.2. The lowest BCUT2D eigenvalue weighted by Gasteiger charge is -2.32. The number of sulfonamides is 1. The Morgan fingerprint density at radius 2 is 1.45 bits per heavy atom. The molecule has 0 spiro atoms. The summed E-state index contributed by atoms with van der Waals surface area (Å²) in [6.07, 6.45) is 1.98. The minimum absolute atomic E-state index is 0.103. The largest absolute Gasteiger partial charge is 0.354 e.